The molecule has 2 aromatic heterocycles. The molecule has 1 saturated heterocycles. The average Bonchev–Trinajstić information content (AvgIpc) is 3.08. The van der Waals surface area contributed by atoms with Gasteiger partial charge in [0.15, 0.2) is 0 Å². The first-order valence-corrected chi connectivity index (χ1v) is 7.86. The van der Waals surface area contributed by atoms with E-state index in [4.69, 9.17) is 0 Å². The van der Waals surface area contributed by atoms with Gasteiger partial charge in [0.1, 0.15) is 17.0 Å². The monoisotopic (exact) mass is 276 g/mol. The number of fused-ring (bicyclic) bond motifs is 1. The fourth-order valence-corrected chi connectivity index (χ4v) is 3.71. The molecule has 4 nitrogen and oxygen atoms in total. The highest BCUT2D eigenvalue weighted by molar-refractivity contribution is 7.18. The van der Waals surface area contributed by atoms with Gasteiger partial charge >= 0.3 is 0 Å². The van der Waals surface area contributed by atoms with Crippen LogP contribution in [0.5, 0.6) is 0 Å². The highest BCUT2D eigenvalue weighted by atomic mass is 32.1. The van der Waals surface area contributed by atoms with Crippen molar-refractivity contribution < 1.29 is 0 Å². The van der Waals surface area contributed by atoms with Crippen LogP contribution >= 0.6 is 11.3 Å². The minimum atomic E-state index is 0.563. The minimum Gasteiger partial charge on any atom is -0.352 e. The third kappa shape index (κ3) is 2.32. The number of anilines is 1. The largest absolute Gasteiger partial charge is 0.352 e. The maximum absolute atomic E-state index is 4.56. The summed E-state index contributed by atoms with van der Waals surface area (Å²) in [5.41, 5.74) is 0. The average molecular weight is 276 g/mol. The second kappa shape index (κ2) is 5.43. The molecule has 2 aromatic rings. The smallest absolute Gasteiger partial charge is 0.141 e. The van der Waals surface area contributed by atoms with E-state index in [1.165, 1.54) is 16.7 Å². The molecule has 0 amide bonds. The molecule has 1 aliphatic heterocycles. The van der Waals surface area contributed by atoms with Crippen LogP contribution in [0, 0.1) is 0 Å². The Kier molecular flexibility index (Phi) is 3.66. The quantitative estimate of drug-likeness (QED) is 0.931. The summed E-state index contributed by atoms with van der Waals surface area (Å²) in [6, 6.07) is 2.83. The number of nitrogens with zero attached hydrogens (tertiary/aromatic N) is 3. The highest BCUT2D eigenvalue weighted by Crippen LogP contribution is 2.31. The summed E-state index contributed by atoms with van der Waals surface area (Å²) in [5.74, 6) is 1.11. The van der Waals surface area contributed by atoms with Gasteiger partial charge in [-0.05, 0) is 32.4 Å². The number of hydrogen-bond donors (Lipinski definition) is 1. The lowest BCUT2D eigenvalue weighted by Crippen LogP contribution is -2.37. The fourth-order valence-electron chi connectivity index (χ4n) is 2.78. The lowest BCUT2D eigenvalue weighted by atomic mass is 10.2. The van der Waals surface area contributed by atoms with Crippen LogP contribution in [0.3, 0.4) is 0 Å². The van der Waals surface area contributed by atoms with E-state index in [1.807, 2.05) is 0 Å². The summed E-state index contributed by atoms with van der Waals surface area (Å²) < 4.78 is 0. The zero-order valence-corrected chi connectivity index (χ0v) is 12.3. The van der Waals surface area contributed by atoms with E-state index >= 15 is 0 Å². The van der Waals surface area contributed by atoms with Gasteiger partial charge in [-0.3, -0.25) is 0 Å². The van der Waals surface area contributed by atoms with Gasteiger partial charge in [-0.15, -0.1) is 11.3 Å². The zero-order valence-electron chi connectivity index (χ0n) is 11.5. The lowest BCUT2D eigenvalue weighted by molar-refractivity contribution is 0.642. The first-order chi connectivity index (χ1) is 9.33. The van der Waals surface area contributed by atoms with Gasteiger partial charge in [0.2, 0.25) is 0 Å². The molecule has 0 bridgehead atoms. The molecule has 0 radical (unpaired) electrons. The third-order valence-corrected chi connectivity index (χ3v) is 4.98. The first kappa shape index (κ1) is 12.8. The number of hydrogen-bond acceptors (Lipinski definition) is 5. The van der Waals surface area contributed by atoms with Crippen molar-refractivity contribution in [3.63, 3.8) is 0 Å². The second-order valence-corrected chi connectivity index (χ2v) is 6.03. The van der Waals surface area contributed by atoms with Crippen molar-refractivity contribution in [2.75, 3.05) is 24.5 Å². The van der Waals surface area contributed by atoms with Gasteiger partial charge in [-0.1, -0.05) is 6.92 Å². The molecule has 1 N–H and O–H groups in total. The van der Waals surface area contributed by atoms with Crippen LogP contribution in [-0.2, 0) is 6.42 Å². The van der Waals surface area contributed by atoms with Crippen molar-refractivity contribution in [1.82, 2.24) is 15.3 Å². The molecule has 1 aliphatic rings. The van der Waals surface area contributed by atoms with E-state index in [9.17, 15) is 0 Å². The SMILES string of the molecule is CCc1cc2c(N(CC)C3CCNC3)ncnc2s1. The summed E-state index contributed by atoms with van der Waals surface area (Å²) in [4.78, 5) is 13.9. The van der Waals surface area contributed by atoms with E-state index in [-0.39, 0.29) is 0 Å². The standard InChI is InChI=1S/C14H20N4S/c1-3-11-7-12-13(16-9-17-14(12)19-11)18(4-2)10-5-6-15-8-10/h7,9-10,15H,3-6,8H2,1-2H3. The molecule has 102 valence electrons. The molecule has 0 aromatic carbocycles. The summed E-state index contributed by atoms with van der Waals surface area (Å²) in [5, 5.41) is 4.66. The summed E-state index contributed by atoms with van der Waals surface area (Å²) in [7, 11) is 0. The Morgan fingerprint density at radius 2 is 2.32 bits per heavy atom. The Morgan fingerprint density at radius 3 is 3.00 bits per heavy atom. The van der Waals surface area contributed by atoms with Gasteiger partial charge < -0.3 is 10.2 Å². The summed E-state index contributed by atoms with van der Waals surface area (Å²) >= 11 is 1.79. The highest BCUT2D eigenvalue weighted by Gasteiger charge is 2.24. The molecular formula is C14H20N4S. The molecule has 1 atom stereocenters. The van der Waals surface area contributed by atoms with Gasteiger partial charge in [0.25, 0.3) is 0 Å². The van der Waals surface area contributed by atoms with Crippen LogP contribution in [0.2, 0.25) is 0 Å². The Hall–Kier alpha value is -1.20. The van der Waals surface area contributed by atoms with Crippen LogP contribution in [0.25, 0.3) is 10.2 Å². The first-order valence-electron chi connectivity index (χ1n) is 7.04. The molecular weight excluding hydrogens is 256 g/mol. The van der Waals surface area contributed by atoms with Crippen LogP contribution in [-0.4, -0.2) is 35.6 Å². The normalized spacial score (nSPS) is 19.2. The summed E-state index contributed by atoms with van der Waals surface area (Å²) in [6.45, 7) is 7.56. The van der Waals surface area contributed by atoms with Crippen molar-refractivity contribution in [2.45, 2.75) is 32.7 Å². The molecule has 3 heterocycles. The third-order valence-electron chi connectivity index (χ3n) is 3.80. The van der Waals surface area contributed by atoms with Crippen LogP contribution < -0.4 is 10.2 Å². The van der Waals surface area contributed by atoms with E-state index < -0.39 is 0 Å². The molecule has 1 unspecified atom stereocenters. The van der Waals surface area contributed by atoms with Crippen molar-refractivity contribution in [2.24, 2.45) is 0 Å². The van der Waals surface area contributed by atoms with Crippen molar-refractivity contribution in [3.8, 4) is 0 Å². The van der Waals surface area contributed by atoms with Gasteiger partial charge in [-0.25, -0.2) is 9.97 Å². The molecule has 0 aliphatic carbocycles. The van der Waals surface area contributed by atoms with E-state index in [1.54, 1.807) is 17.7 Å². The fraction of sp³-hybridized carbons (Fsp3) is 0.571. The lowest BCUT2D eigenvalue weighted by Gasteiger charge is -2.28. The Morgan fingerprint density at radius 1 is 1.42 bits per heavy atom. The number of aromatic nitrogens is 2. The maximum atomic E-state index is 4.56. The maximum Gasteiger partial charge on any atom is 0.141 e. The van der Waals surface area contributed by atoms with Crippen molar-refractivity contribution in [3.05, 3.63) is 17.3 Å². The van der Waals surface area contributed by atoms with Gasteiger partial charge in [-0.2, -0.15) is 0 Å². The minimum absolute atomic E-state index is 0.563. The summed E-state index contributed by atoms with van der Waals surface area (Å²) in [6.07, 6.45) is 3.97. The van der Waals surface area contributed by atoms with Crippen LogP contribution in [0.1, 0.15) is 25.1 Å². The van der Waals surface area contributed by atoms with Gasteiger partial charge in [0.05, 0.1) is 5.39 Å². The zero-order chi connectivity index (χ0) is 13.2. The molecule has 1 fully saturated rings. The van der Waals surface area contributed by atoms with E-state index in [2.05, 4.69) is 40.1 Å². The van der Waals surface area contributed by atoms with E-state index in [0.29, 0.717) is 6.04 Å². The molecule has 0 saturated carbocycles. The molecule has 5 heteroatoms. The predicted molar refractivity (Wildman–Crippen MR) is 81.1 cm³/mol. The van der Waals surface area contributed by atoms with Crippen LogP contribution in [0.4, 0.5) is 5.82 Å². The Bertz CT molecular complexity index is 560. The topological polar surface area (TPSA) is 41.0 Å². The predicted octanol–water partition coefficient (Wildman–Crippen LogP) is 2.44. The number of aryl methyl sites for hydroxylation is 1. The Labute approximate surface area is 117 Å². The van der Waals surface area contributed by atoms with Gasteiger partial charge in [0, 0.05) is 24.0 Å². The molecule has 19 heavy (non-hydrogen) atoms. The molecule has 3 rings (SSSR count). The number of nitrogens with one attached hydrogen (secondary N) is 1. The Balaban J connectivity index is 2.04. The number of thiophene rings is 1. The van der Waals surface area contributed by atoms with Crippen molar-refractivity contribution in [1.29, 1.82) is 0 Å². The van der Waals surface area contributed by atoms with Crippen molar-refractivity contribution >= 4 is 27.4 Å². The number of likely N-dealkylation sites (N-methyl/N-ethyl adjacent to an activating group) is 1. The van der Waals surface area contributed by atoms with Crippen LogP contribution in [0.15, 0.2) is 12.4 Å². The number of rotatable bonds is 4. The second-order valence-electron chi connectivity index (χ2n) is 4.92. The molecule has 0 spiro atoms. The van der Waals surface area contributed by atoms with E-state index in [0.717, 1.165) is 36.7 Å².